The van der Waals surface area contributed by atoms with Gasteiger partial charge in [-0.3, -0.25) is 13.8 Å². The summed E-state index contributed by atoms with van der Waals surface area (Å²) in [6.07, 6.45) is 0. The lowest BCUT2D eigenvalue weighted by atomic mass is 10.1. The molecule has 0 aliphatic rings. The summed E-state index contributed by atoms with van der Waals surface area (Å²) in [5.41, 5.74) is 5.68. The molecule has 8 nitrogen and oxygen atoms in total. The van der Waals surface area contributed by atoms with Crippen LogP contribution in [0, 0.1) is 34.6 Å². The number of benzene rings is 4. The van der Waals surface area contributed by atoms with Gasteiger partial charge in [0.1, 0.15) is 6.54 Å². The van der Waals surface area contributed by atoms with E-state index in [1.807, 2.05) is 52.8 Å². The fraction of sp³-hybridized carbons (Fsp3) is 0.194. The van der Waals surface area contributed by atoms with E-state index >= 15 is 0 Å². The quantitative estimate of drug-likeness (QED) is 0.253. The van der Waals surface area contributed by atoms with Crippen LogP contribution < -0.4 is 14.3 Å². The third-order valence-electron chi connectivity index (χ3n) is 6.76. The van der Waals surface area contributed by atoms with Gasteiger partial charge in [-0.1, -0.05) is 35.9 Å². The number of hydrogen-bond donors (Lipinski definition) is 2. The first kappa shape index (κ1) is 29.8. The van der Waals surface area contributed by atoms with E-state index < -0.39 is 32.5 Å². The number of amides is 1. The summed E-state index contributed by atoms with van der Waals surface area (Å²) in [6.45, 7) is 8.87. The first-order chi connectivity index (χ1) is 19.3. The lowest BCUT2D eigenvalue weighted by Gasteiger charge is -2.25. The van der Waals surface area contributed by atoms with Gasteiger partial charge < -0.3 is 5.32 Å². The fourth-order valence-corrected chi connectivity index (χ4v) is 6.67. The van der Waals surface area contributed by atoms with Crippen LogP contribution in [-0.2, 0) is 24.8 Å². The molecule has 0 fully saturated rings. The zero-order valence-electron chi connectivity index (χ0n) is 23.6. The Morgan fingerprint density at radius 3 is 1.88 bits per heavy atom. The molecule has 0 bridgehead atoms. The Balaban J connectivity index is 1.55. The highest BCUT2D eigenvalue weighted by Gasteiger charge is 2.27. The van der Waals surface area contributed by atoms with Crippen LogP contribution in [0.3, 0.4) is 0 Å². The van der Waals surface area contributed by atoms with Gasteiger partial charge in [0, 0.05) is 5.69 Å². The standard InChI is InChI=1S/C31H33N3O5S2/c1-21-7-14-29(15-8-21)41(38,39)34(27-13-10-23(3)25(5)19-27)20-31(35)32-26-11-16-28(17-12-26)40(36,37)33-30-18-22(2)6-9-24(30)4/h6-19,33H,20H2,1-5H3,(H,32,35). The van der Waals surface area contributed by atoms with Crippen molar-refractivity contribution in [1.82, 2.24) is 0 Å². The zero-order valence-corrected chi connectivity index (χ0v) is 25.2. The van der Waals surface area contributed by atoms with Gasteiger partial charge in [-0.2, -0.15) is 0 Å². The minimum absolute atomic E-state index is 0.0233. The number of anilines is 3. The minimum Gasteiger partial charge on any atom is -0.325 e. The zero-order chi connectivity index (χ0) is 29.9. The summed E-state index contributed by atoms with van der Waals surface area (Å²) in [5, 5.41) is 2.69. The highest BCUT2D eigenvalue weighted by Crippen LogP contribution is 2.27. The molecule has 214 valence electrons. The highest BCUT2D eigenvalue weighted by molar-refractivity contribution is 7.93. The molecule has 0 saturated carbocycles. The second-order valence-corrected chi connectivity index (χ2v) is 13.6. The number of hydrogen-bond acceptors (Lipinski definition) is 5. The van der Waals surface area contributed by atoms with Crippen molar-refractivity contribution < 1.29 is 21.6 Å². The molecule has 0 saturated heterocycles. The van der Waals surface area contributed by atoms with Crippen molar-refractivity contribution in [3.63, 3.8) is 0 Å². The Bertz CT molecular complexity index is 1800. The molecule has 10 heteroatoms. The molecular formula is C31H33N3O5S2. The third-order valence-corrected chi connectivity index (χ3v) is 9.93. The van der Waals surface area contributed by atoms with E-state index in [-0.39, 0.29) is 9.79 Å². The van der Waals surface area contributed by atoms with Crippen LogP contribution in [-0.4, -0.2) is 29.3 Å². The number of carbonyl (C=O) groups excluding carboxylic acids is 1. The van der Waals surface area contributed by atoms with Gasteiger partial charge in [0.15, 0.2) is 0 Å². The van der Waals surface area contributed by atoms with Crippen molar-refractivity contribution in [2.75, 3.05) is 20.9 Å². The summed E-state index contributed by atoms with van der Waals surface area (Å²) in [7, 11) is -7.93. The Kier molecular flexibility index (Phi) is 8.55. The van der Waals surface area contributed by atoms with Crippen molar-refractivity contribution in [3.8, 4) is 0 Å². The van der Waals surface area contributed by atoms with Crippen molar-refractivity contribution in [2.24, 2.45) is 0 Å². The fourth-order valence-electron chi connectivity index (χ4n) is 4.13. The maximum atomic E-state index is 13.7. The van der Waals surface area contributed by atoms with Gasteiger partial charge in [-0.05, 0) is 111 Å². The van der Waals surface area contributed by atoms with Crippen LogP contribution in [0.25, 0.3) is 0 Å². The number of aryl methyl sites for hydroxylation is 5. The largest absolute Gasteiger partial charge is 0.325 e. The lowest BCUT2D eigenvalue weighted by Crippen LogP contribution is -2.38. The molecule has 4 aromatic rings. The van der Waals surface area contributed by atoms with E-state index in [1.54, 1.807) is 30.3 Å². The van der Waals surface area contributed by atoms with Gasteiger partial charge in [0.05, 0.1) is 21.2 Å². The van der Waals surface area contributed by atoms with Crippen molar-refractivity contribution >= 4 is 43.0 Å². The minimum atomic E-state index is -4.07. The summed E-state index contributed by atoms with van der Waals surface area (Å²) in [6, 6.07) is 22.8. The molecule has 4 aromatic carbocycles. The summed E-state index contributed by atoms with van der Waals surface area (Å²) in [4.78, 5) is 13.2. The Hall–Kier alpha value is -4.15. The summed E-state index contributed by atoms with van der Waals surface area (Å²) < 4.78 is 56.9. The second kappa shape index (κ2) is 11.8. The van der Waals surface area contributed by atoms with Crippen LogP contribution >= 0.6 is 0 Å². The molecule has 4 rings (SSSR count). The van der Waals surface area contributed by atoms with Crippen LogP contribution in [0.4, 0.5) is 17.1 Å². The summed E-state index contributed by atoms with van der Waals surface area (Å²) in [5.74, 6) is -0.581. The van der Waals surface area contributed by atoms with Crippen LogP contribution in [0.2, 0.25) is 0 Å². The number of nitrogens with zero attached hydrogens (tertiary/aromatic N) is 1. The maximum Gasteiger partial charge on any atom is 0.264 e. The van der Waals surface area contributed by atoms with E-state index in [2.05, 4.69) is 10.0 Å². The van der Waals surface area contributed by atoms with E-state index in [0.717, 1.165) is 32.1 Å². The molecular weight excluding hydrogens is 558 g/mol. The van der Waals surface area contributed by atoms with Gasteiger partial charge in [-0.25, -0.2) is 16.8 Å². The van der Waals surface area contributed by atoms with Crippen molar-refractivity contribution in [3.05, 3.63) is 113 Å². The average Bonchev–Trinajstić information content (AvgIpc) is 2.91. The molecule has 2 N–H and O–H groups in total. The highest BCUT2D eigenvalue weighted by atomic mass is 32.2. The van der Waals surface area contributed by atoms with Gasteiger partial charge in [0.2, 0.25) is 5.91 Å². The SMILES string of the molecule is Cc1ccc(S(=O)(=O)N(CC(=O)Nc2ccc(S(=O)(=O)Nc3cc(C)ccc3C)cc2)c2ccc(C)c(C)c2)cc1. The van der Waals surface area contributed by atoms with Crippen molar-refractivity contribution in [1.29, 1.82) is 0 Å². The number of carbonyl (C=O) groups is 1. The topological polar surface area (TPSA) is 113 Å². The molecule has 41 heavy (non-hydrogen) atoms. The van der Waals surface area contributed by atoms with E-state index in [0.29, 0.717) is 17.1 Å². The monoisotopic (exact) mass is 591 g/mol. The van der Waals surface area contributed by atoms with Gasteiger partial charge in [0.25, 0.3) is 20.0 Å². The number of sulfonamides is 2. The molecule has 0 heterocycles. The van der Waals surface area contributed by atoms with Gasteiger partial charge >= 0.3 is 0 Å². The molecule has 0 radical (unpaired) electrons. The Morgan fingerprint density at radius 1 is 0.659 bits per heavy atom. The first-order valence-electron chi connectivity index (χ1n) is 12.9. The molecule has 0 spiro atoms. The van der Waals surface area contributed by atoms with Gasteiger partial charge in [-0.15, -0.1) is 0 Å². The van der Waals surface area contributed by atoms with Crippen LogP contribution in [0.15, 0.2) is 94.7 Å². The number of rotatable bonds is 9. The Labute approximate surface area is 242 Å². The molecule has 0 aliphatic carbocycles. The molecule has 1 amide bonds. The van der Waals surface area contributed by atoms with E-state index in [1.165, 1.54) is 36.4 Å². The summed E-state index contributed by atoms with van der Waals surface area (Å²) >= 11 is 0. The van der Waals surface area contributed by atoms with E-state index in [9.17, 15) is 21.6 Å². The smallest absolute Gasteiger partial charge is 0.264 e. The van der Waals surface area contributed by atoms with E-state index in [4.69, 9.17) is 0 Å². The number of nitrogens with one attached hydrogen (secondary N) is 2. The maximum absolute atomic E-state index is 13.7. The first-order valence-corrected chi connectivity index (χ1v) is 15.9. The third kappa shape index (κ3) is 6.96. The molecule has 0 atom stereocenters. The Morgan fingerprint density at radius 2 is 1.24 bits per heavy atom. The predicted octanol–water partition coefficient (Wildman–Crippen LogP) is 5.86. The molecule has 0 aliphatic heterocycles. The average molecular weight is 592 g/mol. The molecule has 0 aromatic heterocycles. The second-order valence-electron chi connectivity index (χ2n) is 10.1. The molecule has 0 unspecified atom stereocenters. The predicted molar refractivity (Wildman–Crippen MR) is 163 cm³/mol. The van der Waals surface area contributed by atoms with Crippen molar-refractivity contribution in [2.45, 2.75) is 44.4 Å². The normalized spacial score (nSPS) is 11.6. The lowest BCUT2D eigenvalue weighted by molar-refractivity contribution is -0.114. The van der Waals surface area contributed by atoms with Crippen LogP contribution in [0.1, 0.15) is 27.8 Å². The van der Waals surface area contributed by atoms with Crippen LogP contribution in [0.5, 0.6) is 0 Å².